The van der Waals surface area contributed by atoms with Crippen molar-refractivity contribution in [2.24, 2.45) is 0 Å². The number of hydrogen-bond donors (Lipinski definition) is 3. The lowest BCUT2D eigenvalue weighted by Gasteiger charge is -2.25. The number of aliphatic hydroxyl groups is 1. The van der Waals surface area contributed by atoms with Gasteiger partial charge >= 0.3 is 0 Å². The second kappa shape index (κ2) is 15.0. The second-order valence-corrected chi connectivity index (χ2v) is 12.2. The third-order valence-electron chi connectivity index (χ3n) is 7.39. The number of hydrogen-bond acceptors (Lipinski definition) is 7. The molecule has 9 heteroatoms. The van der Waals surface area contributed by atoms with Gasteiger partial charge in [0.15, 0.2) is 0 Å². The third-order valence-corrected chi connectivity index (χ3v) is 8.34. The standard InChI is InChI=1S/C34H41N5O3S/c1-22(2)28-16-29(24(4)36-18-28)17-35-19-31(40)30(14-25-10-7-6-8-11-25)38-33(41)26-12-9-13-27(15-26)34(42)39(5)20-32-37-23(3)21-43-32/h6-13,15-16,18,21-22,30-31,35,40H,14,17,19-20H2,1-5H3,(H,38,41)/t30-,31+/m0/s1. The molecule has 4 aromatic rings. The van der Waals surface area contributed by atoms with Gasteiger partial charge in [0, 0.05) is 54.2 Å². The summed E-state index contributed by atoms with van der Waals surface area (Å²) in [5, 5.41) is 20.4. The van der Waals surface area contributed by atoms with Crippen molar-refractivity contribution in [1.82, 2.24) is 25.5 Å². The number of carbonyl (C=O) groups excluding carboxylic acids is 2. The number of nitrogens with zero attached hydrogens (tertiary/aromatic N) is 3. The quantitative estimate of drug-likeness (QED) is 0.199. The molecule has 0 aliphatic carbocycles. The van der Waals surface area contributed by atoms with Gasteiger partial charge in [-0.25, -0.2) is 4.98 Å². The highest BCUT2D eigenvalue weighted by Gasteiger charge is 2.23. The van der Waals surface area contributed by atoms with Crippen LogP contribution in [-0.4, -0.2) is 57.5 Å². The Morgan fingerprint density at radius 2 is 1.77 bits per heavy atom. The van der Waals surface area contributed by atoms with E-state index in [-0.39, 0.29) is 18.4 Å². The summed E-state index contributed by atoms with van der Waals surface area (Å²) in [5.74, 6) is -0.171. The van der Waals surface area contributed by atoms with E-state index in [1.165, 1.54) is 16.9 Å². The van der Waals surface area contributed by atoms with Crippen LogP contribution in [0.1, 0.15) is 73.6 Å². The molecule has 2 atom stereocenters. The molecule has 3 N–H and O–H groups in total. The minimum Gasteiger partial charge on any atom is -0.390 e. The summed E-state index contributed by atoms with van der Waals surface area (Å²) in [6.07, 6.45) is 1.50. The van der Waals surface area contributed by atoms with Crippen molar-refractivity contribution in [3.8, 4) is 0 Å². The molecule has 0 saturated heterocycles. The Bertz CT molecular complexity index is 1520. The molecule has 2 heterocycles. The van der Waals surface area contributed by atoms with E-state index in [1.54, 1.807) is 36.2 Å². The predicted molar refractivity (Wildman–Crippen MR) is 171 cm³/mol. The minimum absolute atomic E-state index is 0.195. The number of carbonyl (C=O) groups is 2. The van der Waals surface area contributed by atoms with Crippen molar-refractivity contribution >= 4 is 23.2 Å². The number of rotatable bonds is 13. The van der Waals surface area contributed by atoms with Gasteiger partial charge in [-0.2, -0.15) is 0 Å². The van der Waals surface area contributed by atoms with Crippen LogP contribution in [0.2, 0.25) is 0 Å². The SMILES string of the molecule is Cc1csc(CN(C)C(=O)c2cccc(C(=O)N[C@@H](Cc3ccccc3)[C@H](O)CNCc3cc(C(C)C)cnc3C)c2)n1. The molecule has 0 aliphatic heterocycles. The lowest BCUT2D eigenvalue weighted by molar-refractivity contribution is 0.0784. The highest BCUT2D eigenvalue weighted by molar-refractivity contribution is 7.09. The molecule has 226 valence electrons. The normalized spacial score (nSPS) is 12.6. The lowest BCUT2D eigenvalue weighted by atomic mass is 9.99. The van der Waals surface area contributed by atoms with Crippen molar-refractivity contribution in [2.45, 2.75) is 65.3 Å². The molecule has 0 aliphatic rings. The van der Waals surface area contributed by atoms with Gasteiger partial charge < -0.3 is 20.6 Å². The number of amides is 2. The Balaban J connectivity index is 1.44. The topological polar surface area (TPSA) is 107 Å². The lowest BCUT2D eigenvalue weighted by Crippen LogP contribution is -2.48. The van der Waals surface area contributed by atoms with E-state index in [1.807, 2.05) is 55.8 Å². The Hall–Kier alpha value is -3.92. The molecule has 2 amide bonds. The Labute approximate surface area is 258 Å². The van der Waals surface area contributed by atoms with Gasteiger partial charge in [-0.15, -0.1) is 11.3 Å². The summed E-state index contributed by atoms with van der Waals surface area (Å²) in [6.45, 7) is 9.40. The highest BCUT2D eigenvalue weighted by Crippen LogP contribution is 2.17. The molecule has 0 bridgehead atoms. The van der Waals surface area contributed by atoms with Crippen molar-refractivity contribution < 1.29 is 14.7 Å². The number of benzene rings is 2. The summed E-state index contributed by atoms with van der Waals surface area (Å²) >= 11 is 1.51. The van der Waals surface area contributed by atoms with Gasteiger partial charge in [0.05, 0.1) is 18.7 Å². The van der Waals surface area contributed by atoms with E-state index in [2.05, 4.69) is 40.5 Å². The zero-order valence-electron chi connectivity index (χ0n) is 25.5. The summed E-state index contributed by atoms with van der Waals surface area (Å²) in [6, 6.07) is 18.0. The van der Waals surface area contributed by atoms with Gasteiger partial charge in [0.2, 0.25) is 0 Å². The van der Waals surface area contributed by atoms with E-state index < -0.39 is 12.1 Å². The molecule has 0 saturated carbocycles. The average molecular weight is 600 g/mol. The molecule has 0 unspecified atom stereocenters. The first kappa shape index (κ1) is 32.0. The molecule has 0 radical (unpaired) electrons. The fraction of sp³-hybridized carbons (Fsp3) is 0.353. The minimum atomic E-state index is -0.858. The zero-order chi connectivity index (χ0) is 30.9. The van der Waals surface area contributed by atoms with Crippen LogP contribution in [0.4, 0.5) is 0 Å². The molecule has 43 heavy (non-hydrogen) atoms. The van der Waals surface area contributed by atoms with Crippen LogP contribution in [0.5, 0.6) is 0 Å². The Morgan fingerprint density at radius 1 is 1.02 bits per heavy atom. The fourth-order valence-corrected chi connectivity index (χ4v) is 5.58. The van der Waals surface area contributed by atoms with Crippen LogP contribution >= 0.6 is 11.3 Å². The summed E-state index contributed by atoms with van der Waals surface area (Å²) in [5.41, 5.74) is 5.89. The van der Waals surface area contributed by atoms with Gasteiger partial charge in [-0.1, -0.05) is 56.3 Å². The highest BCUT2D eigenvalue weighted by atomic mass is 32.1. The molecule has 2 aromatic heterocycles. The Morgan fingerprint density at radius 3 is 2.47 bits per heavy atom. The molecular weight excluding hydrogens is 558 g/mol. The van der Waals surface area contributed by atoms with Crippen LogP contribution in [0.15, 0.2) is 72.2 Å². The molecular formula is C34H41N5O3S. The maximum Gasteiger partial charge on any atom is 0.253 e. The maximum atomic E-state index is 13.4. The molecule has 0 fully saturated rings. The second-order valence-electron chi connectivity index (χ2n) is 11.3. The van der Waals surface area contributed by atoms with Crippen LogP contribution in [0.25, 0.3) is 0 Å². The van der Waals surface area contributed by atoms with E-state index in [4.69, 9.17) is 0 Å². The summed E-state index contributed by atoms with van der Waals surface area (Å²) in [7, 11) is 1.72. The number of thiazole rings is 1. The first-order chi connectivity index (χ1) is 20.6. The number of pyridine rings is 1. The van der Waals surface area contributed by atoms with Crippen LogP contribution in [-0.2, 0) is 19.5 Å². The molecule has 8 nitrogen and oxygen atoms in total. The predicted octanol–water partition coefficient (Wildman–Crippen LogP) is 5.04. The van der Waals surface area contributed by atoms with E-state index in [9.17, 15) is 14.7 Å². The van der Waals surface area contributed by atoms with Crippen molar-refractivity contribution in [3.63, 3.8) is 0 Å². The van der Waals surface area contributed by atoms with Gasteiger partial charge in [-0.05, 0) is 61.1 Å². The number of aromatic nitrogens is 2. The first-order valence-corrected chi connectivity index (χ1v) is 15.4. The monoisotopic (exact) mass is 599 g/mol. The van der Waals surface area contributed by atoms with Crippen molar-refractivity contribution in [2.75, 3.05) is 13.6 Å². The molecule has 2 aromatic carbocycles. The summed E-state index contributed by atoms with van der Waals surface area (Å²) < 4.78 is 0. The van der Waals surface area contributed by atoms with Gasteiger partial charge in [-0.3, -0.25) is 14.6 Å². The molecule has 4 rings (SSSR count). The molecule has 0 spiro atoms. The van der Waals surface area contributed by atoms with Crippen LogP contribution < -0.4 is 10.6 Å². The average Bonchev–Trinajstić information content (AvgIpc) is 3.41. The zero-order valence-corrected chi connectivity index (χ0v) is 26.3. The van der Waals surface area contributed by atoms with Crippen LogP contribution in [0.3, 0.4) is 0 Å². The van der Waals surface area contributed by atoms with Gasteiger partial charge in [0.25, 0.3) is 11.8 Å². The maximum absolute atomic E-state index is 13.4. The Kier molecular flexibility index (Phi) is 11.2. The fourth-order valence-electron chi connectivity index (χ4n) is 4.76. The van der Waals surface area contributed by atoms with Crippen molar-refractivity contribution in [1.29, 1.82) is 0 Å². The largest absolute Gasteiger partial charge is 0.390 e. The third kappa shape index (κ3) is 9.03. The van der Waals surface area contributed by atoms with Crippen molar-refractivity contribution in [3.05, 3.63) is 116 Å². The summed E-state index contributed by atoms with van der Waals surface area (Å²) in [4.78, 5) is 37.1. The van der Waals surface area contributed by atoms with Crippen LogP contribution in [0, 0.1) is 13.8 Å². The van der Waals surface area contributed by atoms with Gasteiger partial charge in [0.1, 0.15) is 5.01 Å². The van der Waals surface area contributed by atoms with E-state index >= 15 is 0 Å². The smallest absolute Gasteiger partial charge is 0.253 e. The van der Waals surface area contributed by atoms with E-state index in [0.29, 0.717) is 36.6 Å². The number of nitrogens with one attached hydrogen (secondary N) is 2. The number of aliphatic hydroxyl groups excluding tert-OH is 1. The first-order valence-electron chi connectivity index (χ1n) is 14.6. The van der Waals surface area contributed by atoms with E-state index in [0.717, 1.165) is 27.5 Å². The number of aryl methyl sites for hydroxylation is 2.